The SMILES string of the molecule is CS(=O)(=O)N(CCNC(=O)CCc1ccccc1)CC1CCCO1. The van der Waals surface area contributed by atoms with Crippen molar-refractivity contribution in [1.82, 2.24) is 9.62 Å². The fourth-order valence-corrected chi connectivity index (χ4v) is 3.58. The van der Waals surface area contributed by atoms with Crippen LogP contribution < -0.4 is 5.32 Å². The summed E-state index contributed by atoms with van der Waals surface area (Å²) in [6.45, 7) is 1.64. The number of carbonyl (C=O) groups excluding carboxylic acids is 1. The van der Waals surface area contributed by atoms with Crippen molar-refractivity contribution >= 4 is 15.9 Å². The van der Waals surface area contributed by atoms with Gasteiger partial charge in [0.1, 0.15) is 0 Å². The van der Waals surface area contributed by atoms with Crippen LogP contribution in [0.3, 0.4) is 0 Å². The summed E-state index contributed by atoms with van der Waals surface area (Å²) >= 11 is 0. The molecule has 0 spiro atoms. The van der Waals surface area contributed by atoms with Crippen molar-refractivity contribution in [2.45, 2.75) is 31.8 Å². The van der Waals surface area contributed by atoms with Crippen LogP contribution in [0, 0.1) is 0 Å². The lowest BCUT2D eigenvalue weighted by Gasteiger charge is -2.23. The number of nitrogens with one attached hydrogen (secondary N) is 1. The first-order valence-corrected chi connectivity index (χ1v) is 10.2. The number of hydrogen-bond acceptors (Lipinski definition) is 4. The normalized spacial score (nSPS) is 18.0. The molecule has 1 N–H and O–H groups in total. The largest absolute Gasteiger partial charge is 0.377 e. The molecule has 24 heavy (non-hydrogen) atoms. The van der Waals surface area contributed by atoms with Crippen LogP contribution in [0.1, 0.15) is 24.8 Å². The van der Waals surface area contributed by atoms with Crippen molar-refractivity contribution in [1.29, 1.82) is 0 Å². The van der Waals surface area contributed by atoms with Crippen molar-refractivity contribution in [3.8, 4) is 0 Å². The number of rotatable bonds is 9. The van der Waals surface area contributed by atoms with Gasteiger partial charge >= 0.3 is 0 Å². The highest BCUT2D eigenvalue weighted by Crippen LogP contribution is 2.14. The number of benzene rings is 1. The Kier molecular flexibility index (Phi) is 7.20. The van der Waals surface area contributed by atoms with Gasteiger partial charge in [0.2, 0.25) is 15.9 Å². The van der Waals surface area contributed by atoms with Gasteiger partial charge in [0.15, 0.2) is 0 Å². The minimum absolute atomic E-state index is 0.0338. The van der Waals surface area contributed by atoms with E-state index in [0.717, 1.165) is 18.4 Å². The van der Waals surface area contributed by atoms with E-state index in [1.54, 1.807) is 0 Å². The Labute approximate surface area is 144 Å². The molecule has 0 saturated carbocycles. The number of amides is 1. The summed E-state index contributed by atoms with van der Waals surface area (Å²) in [5.74, 6) is -0.0654. The molecule has 1 saturated heterocycles. The molecule has 1 amide bonds. The lowest BCUT2D eigenvalue weighted by Crippen LogP contribution is -2.41. The van der Waals surface area contributed by atoms with E-state index in [4.69, 9.17) is 4.74 Å². The Morgan fingerprint density at radius 2 is 2.08 bits per heavy atom. The van der Waals surface area contributed by atoms with Crippen LogP contribution >= 0.6 is 0 Å². The van der Waals surface area contributed by atoms with Crippen LogP contribution in [0.4, 0.5) is 0 Å². The quantitative estimate of drug-likeness (QED) is 0.722. The van der Waals surface area contributed by atoms with E-state index < -0.39 is 10.0 Å². The van der Waals surface area contributed by atoms with Gasteiger partial charge in [-0.25, -0.2) is 8.42 Å². The second-order valence-electron chi connectivity index (χ2n) is 6.09. The summed E-state index contributed by atoms with van der Waals surface area (Å²) < 4.78 is 30.6. The molecule has 1 heterocycles. The van der Waals surface area contributed by atoms with Gasteiger partial charge in [-0.05, 0) is 24.8 Å². The molecule has 1 aliphatic rings. The van der Waals surface area contributed by atoms with Crippen molar-refractivity contribution in [2.75, 3.05) is 32.5 Å². The maximum Gasteiger partial charge on any atom is 0.220 e. The Morgan fingerprint density at radius 3 is 2.71 bits per heavy atom. The van der Waals surface area contributed by atoms with Crippen LogP contribution in [-0.4, -0.2) is 57.2 Å². The van der Waals surface area contributed by atoms with Gasteiger partial charge in [-0.15, -0.1) is 0 Å². The number of aryl methyl sites for hydroxylation is 1. The van der Waals surface area contributed by atoms with Crippen molar-refractivity contribution in [3.63, 3.8) is 0 Å². The van der Waals surface area contributed by atoms with E-state index in [2.05, 4.69) is 5.32 Å². The van der Waals surface area contributed by atoms with E-state index >= 15 is 0 Å². The standard InChI is InChI=1S/C17H26N2O4S/c1-24(21,22)19(14-16-8-5-13-23-16)12-11-18-17(20)10-9-15-6-3-2-4-7-15/h2-4,6-7,16H,5,8-14H2,1H3,(H,18,20). The highest BCUT2D eigenvalue weighted by atomic mass is 32.2. The van der Waals surface area contributed by atoms with Gasteiger partial charge in [-0.1, -0.05) is 30.3 Å². The van der Waals surface area contributed by atoms with Crippen LogP contribution in [-0.2, 0) is 26.0 Å². The summed E-state index contributed by atoms with van der Waals surface area (Å²) in [5.41, 5.74) is 1.11. The number of carbonyl (C=O) groups is 1. The monoisotopic (exact) mass is 354 g/mol. The Bertz CT molecular complexity index is 613. The topological polar surface area (TPSA) is 75.7 Å². The lowest BCUT2D eigenvalue weighted by molar-refractivity contribution is -0.121. The second kappa shape index (κ2) is 9.15. The average Bonchev–Trinajstić information content (AvgIpc) is 3.05. The first-order valence-electron chi connectivity index (χ1n) is 8.32. The minimum Gasteiger partial charge on any atom is -0.377 e. The van der Waals surface area contributed by atoms with Gasteiger partial charge in [-0.3, -0.25) is 4.79 Å². The predicted octanol–water partition coefficient (Wildman–Crippen LogP) is 1.18. The van der Waals surface area contributed by atoms with E-state index in [0.29, 0.717) is 32.5 Å². The van der Waals surface area contributed by atoms with Crippen LogP contribution in [0.15, 0.2) is 30.3 Å². The second-order valence-corrected chi connectivity index (χ2v) is 8.07. The van der Waals surface area contributed by atoms with E-state index in [-0.39, 0.29) is 18.6 Å². The lowest BCUT2D eigenvalue weighted by atomic mass is 10.1. The number of ether oxygens (including phenoxy) is 1. The van der Waals surface area contributed by atoms with Crippen molar-refractivity contribution in [3.05, 3.63) is 35.9 Å². The first kappa shape index (κ1) is 18.9. The summed E-state index contributed by atoms with van der Waals surface area (Å²) in [7, 11) is -3.30. The molecule has 1 aromatic rings. The van der Waals surface area contributed by atoms with Crippen LogP contribution in [0.5, 0.6) is 0 Å². The summed E-state index contributed by atoms with van der Waals surface area (Å²) in [6.07, 6.45) is 4.09. The molecule has 1 unspecified atom stereocenters. The van der Waals surface area contributed by atoms with Gasteiger partial charge < -0.3 is 10.1 Å². The van der Waals surface area contributed by atoms with Crippen molar-refractivity contribution < 1.29 is 17.9 Å². The zero-order valence-electron chi connectivity index (χ0n) is 14.1. The third kappa shape index (κ3) is 6.59. The number of hydrogen-bond donors (Lipinski definition) is 1. The molecule has 1 aliphatic heterocycles. The molecule has 134 valence electrons. The maximum atomic E-state index is 11.9. The molecule has 0 aliphatic carbocycles. The summed E-state index contributed by atoms with van der Waals surface area (Å²) in [4.78, 5) is 11.9. The fourth-order valence-electron chi connectivity index (χ4n) is 2.72. The van der Waals surface area contributed by atoms with Gasteiger partial charge in [0.05, 0.1) is 12.4 Å². The molecule has 7 heteroatoms. The van der Waals surface area contributed by atoms with Gasteiger partial charge in [0.25, 0.3) is 0 Å². The molecule has 1 fully saturated rings. The number of sulfonamides is 1. The highest BCUT2D eigenvalue weighted by molar-refractivity contribution is 7.88. The molecule has 6 nitrogen and oxygen atoms in total. The van der Waals surface area contributed by atoms with Crippen molar-refractivity contribution in [2.24, 2.45) is 0 Å². The molecule has 1 atom stereocenters. The Morgan fingerprint density at radius 1 is 1.33 bits per heavy atom. The zero-order valence-corrected chi connectivity index (χ0v) is 14.9. The summed E-state index contributed by atoms with van der Waals surface area (Å²) in [5, 5.41) is 2.79. The predicted molar refractivity (Wildman–Crippen MR) is 93.2 cm³/mol. The molecular formula is C17H26N2O4S. The smallest absolute Gasteiger partial charge is 0.220 e. The van der Waals surface area contributed by atoms with Gasteiger partial charge in [-0.2, -0.15) is 4.31 Å². The number of nitrogens with zero attached hydrogens (tertiary/aromatic N) is 1. The maximum absolute atomic E-state index is 11.9. The molecule has 0 aromatic heterocycles. The van der Waals surface area contributed by atoms with Crippen LogP contribution in [0.2, 0.25) is 0 Å². The fraction of sp³-hybridized carbons (Fsp3) is 0.588. The first-order chi connectivity index (χ1) is 11.4. The summed E-state index contributed by atoms with van der Waals surface area (Å²) in [6, 6.07) is 9.81. The minimum atomic E-state index is -3.30. The average molecular weight is 354 g/mol. The highest BCUT2D eigenvalue weighted by Gasteiger charge is 2.24. The zero-order chi connectivity index (χ0) is 17.4. The third-order valence-electron chi connectivity index (χ3n) is 4.07. The molecular weight excluding hydrogens is 328 g/mol. The Balaban J connectivity index is 1.72. The molecule has 0 radical (unpaired) electrons. The Hall–Kier alpha value is -1.44. The molecule has 2 rings (SSSR count). The molecule has 1 aromatic carbocycles. The van der Waals surface area contributed by atoms with E-state index in [9.17, 15) is 13.2 Å². The molecule has 0 bridgehead atoms. The van der Waals surface area contributed by atoms with Crippen LogP contribution in [0.25, 0.3) is 0 Å². The van der Waals surface area contributed by atoms with E-state index in [1.807, 2.05) is 30.3 Å². The van der Waals surface area contributed by atoms with Gasteiger partial charge in [0, 0.05) is 32.7 Å². The third-order valence-corrected chi connectivity index (χ3v) is 5.34. The van der Waals surface area contributed by atoms with E-state index in [1.165, 1.54) is 10.6 Å².